The molecule has 0 spiro atoms. The number of aromatic nitrogens is 2. The molecule has 1 aromatic heterocycles. The van der Waals surface area contributed by atoms with Gasteiger partial charge in [0.15, 0.2) is 11.4 Å². The maximum Gasteiger partial charge on any atom is 0.268 e. The van der Waals surface area contributed by atoms with E-state index in [4.69, 9.17) is 10.5 Å². The fourth-order valence-corrected chi connectivity index (χ4v) is 3.66. The minimum absolute atomic E-state index is 0.00147. The zero-order valence-corrected chi connectivity index (χ0v) is 12.3. The standard InChI is InChI=1S/C12H18N4O4S/c1-2-5(17)6-3-4-7(20-6)16-9-8(21-12(16)19)10(18)15-11(13)14-9/h5-7,12,17,19H,2-4H2,1H3,(H3,13,14,15,18)/t5-,6-,7+,12?/m0/s1. The summed E-state index contributed by atoms with van der Waals surface area (Å²) in [4.78, 5) is 20.2. The lowest BCUT2D eigenvalue weighted by molar-refractivity contribution is -0.0409. The Morgan fingerprint density at radius 1 is 1.62 bits per heavy atom. The molecule has 3 rings (SSSR count). The van der Waals surface area contributed by atoms with Crippen molar-refractivity contribution in [2.45, 2.75) is 55.1 Å². The lowest BCUT2D eigenvalue weighted by Gasteiger charge is -2.28. The van der Waals surface area contributed by atoms with Crippen molar-refractivity contribution in [2.24, 2.45) is 0 Å². The molecule has 3 heterocycles. The number of hydrogen-bond acceptors (Lipinski definition) is 8. The van der Waals surface area contributed by atoms with Crippen molar-refractivity contribution in [2.75, 3.05) is 10.6 Å². The van der Waals surface area contributed by atoms with E-state index >= 15 is 0 Å². The number of rotatable bonds is 3. The average Bonchev–Trinajstić information content (AvgIpc) is 3.02. The number of aliphatic hydroxyl groups excluding tert-OH is 2. The first-order valence-corrected chi connectivity index (χ1v) is 7.75. The third-order valence-corrected chi connectivity index (χ3v) is 4.81. The van der Waals surface area contributed by atoms with Crippen LogP contribution in [-0.4, -0.2) is 44.2 Å². The number of aromatic amines is 1. The number of nitrogens with one attached hydrogen (secondary N) is 1. The second-order valence-electron chi connectivity index (χ2n) is 5.14. The largest absolute Gasteiger partial charge is 0.390 e. The number of thioether (sulfide) groups is 1. The Morgan fingerprint density at radius 3 is 3.10 bits per heavy atom. The molecule has 1 fully saturated rings. The van der Waals surface area contributed by atoms with E-state index in [1.165, 1.54) is 0 Å². The number of nitrogen functional groups attached to an aromatic ring is 1. The van der Waals surface area contributed by atoms with Crippen LogP contribution in [0.3, 0.4) is 0 Å². The minimum Gasteiger partial charge on any atom is -0.390 e. The predicted octanol–water partition coefficient (Wildman–Crippen LogP) is -0.184. The molecule has 0 bridgehead atoms. The molecule has 0 amide bonds. The molecular weight excluding hydrogens is 296 g/mol. The van der Waals surface area contributed by atoms with Crippen LogP contribution in [0.4, 0.5) is 11.8 Å². The number of H-pyrrole nitrogens is 1. The van der Waals surface area contributed by atoms with Crippen LogP contribution in [0.15, 0.2) is 9.69 Å². The van der Waals surface area contributed by atoms with Gasteiger partial charge in [0.1, 0.15) is 11.1 Å². The number of aliphatic hydroxyl groups is 2. The highest BCUT2D eigenvalue weighted by Gasteiger charge is 2.42. The first-order valence-electron chi connectivity index (χ1n) is 6.87. The molecule has 9 heteroatoms. The van der Waals surface area contributed by atoms with E-state index in [0.29, 0.717) is 30.0 Å². The van der Waals surface area contributed by atoms with E-state index < -0.39 is 17.9 Å². The van der Waals surface area contributed by atoms with Crippen LogP contribution in [-0.2, 0) is 4.74 Å². The molecule has 1 saturated heterocycles. The number of hydrogen-bond donors (Lipinski definition) is 4. The summed E-state index contributed by atoms with van der Waals surface area (Å²) in [5.41, 5.74) is 4.26. The summed E-state index contributed by atoms with van der Waals surface area (Å²) in [6.45, 7) is 1.89. The molecule has 1 unspecified atom stereocenters. The van der Waals surface area contributed by atoms with Crippen molar-refractivity contribution in [3.8, 4) is 0 Å². The lowest BCUT2D eigenvalue weighted by atomic mass is 10.1. The third kappa shape index (κ3) is 2.50. The Labute approximate surface area is 125 Å². The van der Waals surface area contributed by atoms with Crippen molar-refractivity contribution in [1.29, 1.82) is 0 Å². The third-order valence-electron chi connectivity index (χ3n) is 3.77. The Bertz CT molecular complexity index is 595. The van der Waals surface area contributed by atoms with Gasteiger partial charge in [0.05, 0.1) is 12.2 Å². The molecular formula is C12H18N4O4S. The topological polar surface area (TPSA) is 125 Å². The second-order valence-corrected chi connectivity index (χ2v) is 6.20. The fourth-order valence-electron chi connectivity index (χ4n) is 2.69. The van der Waals surface area contributed by atoms with Crippen LogP contribution in [0, 0.1) is 0 Å². The van der Waals surface area contributed by atoms with Crippen molar-refractivity contribution in [3.05, 3.63) is 10.4 Å². The Morgan fingerprint density at radius 2 is 2.38 bits per heavy atom. The minimum atomic E-state index is -0.946. The summed E-state index contributed by atoms with van der Waals surface area (Å²) in [5.74, 6) is 0.340. The molecule has 0 aliphatic carbocycles. The molecule has 116 valence electrons. The van der Waals surface area contributed by atoms with E-state index in [1.807, 2.05) is 6.92 Å². The van der Waals surface area contributed by atoms with Crippen molar-refractivity contribution in [3.63, 3.8) is 0 Å². The average molecular weight is 314 g/mol. The maximum absolute atomic E-state index is 11.8. The van der Waals surface area contributed by atoms with E-state index in [-0.39, 0.29) is 17.6 Å². The predicted molar refractivity (Wildman–Crippen MR) is 77.8 cm³/mol. The summed E-state index contributed by atoms with van der Waals surface area (Å²) in [7, 11) is 0. The van der Waals surface area contributed by atoms with Gasteiger partial charge in [-0.2, -0.15) is 4.98 Å². The van der Waals surface area contributed by atoms with Gasteiger partial charge in [0.2, 0.25) is 5.95 Å². The molecule has 5 N–H and O–H groups in total. The van der Waals surface area contributed by atoms with Crippen molar-refractivity contribution < 1.29 is 14.9 Å². The van der Waals surface area contributed by atoms with E-state index in [1.54, 1.807) is 4.90 Å². The molecule has 0 radical (unpaired) electrons. The number of fused-ring (bicyclic) bond motifs is 1. The highest BCUT2D eigenvalue weighted by atomic mass is 32.2. The number of anilines is 2. The number of nitrogens with two attached hydrogens (primary N) is 1. The molecule has 0 aromatic carbocycles. The van der Waals surface area contributed by atoms with Gasteiger partial charge in [-0.1, -0.05) is 18.7 Å². The second kappa shape index (κ2) is 5.48. The zero-order valence-electron chi connectivity index (χ0n) is 11.5. The Kier molecular flexibility index (Phi) is 3.82. The molecule has 1 aromatic rings. The quantitative estimate of drug-likeness (QED) is 0.605. The molecule has 2 aliphatic heterocycles. The highest BCUT2D eigenvalue weighted by molar-refractivity contribution is 8.00. The van der Waals surface area contributed by atoms with Crippen LogP contribution in [0.1, 0.15) is 26.2 Å². The zero-order chi connectivity index (χ0) is 15.1. The van der Waals surface area contributed by atoms with Gasteiger partial charge in [-0.3, -0.25) is 14.7 Å². The van der Waals surface area contributed by atoms with Crippen LogP contribution in [0.2, 0.25) is 0 Å². The molecule has 2 aliphatic rings. The molecule has 0 saturated carbocycles. The summed E-state index contributed by atoms with van der Waals surface area (Å²) in [6, 6.07) is 0. The summed E-state index contributed by atoms with van der Waals surface area (Å²) in [5, 5.41) is 20.0. The van der Waals surface area contributed by atoms with E-state index in [2.05, 4.69) is 9.97 Å². The number of ether oxygens (including phenoxy) is 1. The summed E-state index contributed by atoms with van der Waals surface area (Å²) in [6.07, 6.45) is 0.735. The molecule has 21 heavy (non-hydrogen) atoms. The van der Waals surface area contributed by atoms with E-state index in [0.717, 1.165) is 11.8 Å². The van der Waals surface area contributed by atoms with Gasteiger partial charge < -0.3 is 20.7 Å². The summed E-state index contributed by atoms with van der Waals surface area (Å²) < 4.78 is 5.81. The van der Waals surface area contributed by atoms with Gasteiger partial charge in [0, 0.05) is 0 Å². The smallest absolute Gasteiger partial charge is 0.268 e. The van der Waals surface area contributed by atoms with Crippen LogP contribution in [0.5, 0.6) is 0 Å². The first kappa shape index (κ1) is 14.6. The van der Waals surface area contributed by atoms with Crippen LogP contribution in [0.25, 0.3) is 0 Å². The van der Waals surface area contributed by atoms with Gasteiger partial charge in [0.25, 0.3) is 5.56 Å². The summed E-state index contributed by atoms with van der Waals surface area (Å²) >= 11 is 1.01. The first-order chi connectivity index (χ1) is 10.0. The highest BCUT2D eigenvalue weighted by Crippen LogP contribution is 2.42. The van der Waals surface area contributed by atoms with Gasteiger partial charge in [-0.05, 0) is 19.3 Å². The SMILES string of the molecule is CC[C@H](O)[C@@H]1CC[C@H](N2c3nc(N)[nH]c(=O)c3SC2O)O1. The Balaban J connectivity index is 1.87. The number of nitrogens with zero attached hydrogens (tertiary/aromatic N) is 2. The van der Waals surface area contributed by atoms with Gasteiger partial charge in [-0.15, -0.1) is 0 Å². The van der Waals surface area contributed by atoms with Crippen LogP contribution >= 0.6 is 11.8 Å². The molecule has 8 nitrogen and oxygen atoms in total. The van der Waals surface area contributed by atoms with Crippen LogP contribution < -0.4 is 16.2 Å². The fraction of sp³-hybridized carbons (Fsp3) is 0.667. The normalized spacial score (nSPS) is 29.7. The van der Waals surface area contributed by atoms with Crippen molar-refractivity contribution >= 4 is 23.5 Å². The molecule has 4 atom stereocenters. The monoisotopic (exact) mass is 314 g/mol. The van der Waals surface area contributed by atoms with Crippen molar-refractivity contribution in [1.82, 2.24) is 9.97 Å². The lowest BCUT2D eigenvalue weighted by Crippen LogP contribution is -2.41. The Hall–Kier alpha value is -1.29. The van der Waals surface area contributed by atoms with Gasteiger partial charge >= 0.3 is 0 Å². The van der Waals surface area contributed by atoms with Gasteiger partial charge in [-0.25, -0.2) is 0 Å². The van der Waals surface area contributed by atoms with E-state index in [9.17, 15) is 15.0 Å². The maximum atomic E-state index is 11.8.